The summed E-state index contributed by atoms with van der Waals surface area (Å²) in [6, 6.07) is 0. The number of aliphatic carboxylic acids is 1. The Bertz CT molecular complexity index is 183. The maximum atomic E-state index is 11.1. The van der Waals surface area contributed by atoms with E-state index in [0.29, 0.717) is 25.9 Å². The smallest absolute Gasteiger partial charge is 0.303 e. The van der Waals surface area contributed by atoms with Crippen molar-refractivity contribution in [2.45, 2.75) is 26.2 Å². The van der Waals surface area contributed by atoms with Gasteiger partial charge in [0.1, 0.15) is 0 Å². The van der Waals surface area contributed by atoms with Crippen LogP contribution < -0.4 is 10.6 Å². The maximum Gasteiger partial charge on any atom is 0.303 e. The van der Waals surface area contributed by atoms with Gasteiger partial charge in [0.2, 0.25) is 5.91 Å². The average molecular weight is 202 g/mol. The molecular weight excluding hydrogens is 184 g/mol. The molecular formula is C9H18N2O3. The highest BCUT2D eigenvalue weighted by molar-refractivity contribution is 5.76. The summed E-state index contributed by atoms with van der Waals surface area (Å²) < 4.78 is 0. The first-order valence-corrected chi connectivity index (χ1v) is 4.86. The van der Waals surface area contributed by atoms with Gasteiger partial charge in [0.05, 0.1) is 0 Å². The van der Waals surface area contributed by atoms with Crippen LogP contribution in [0.2, 0.25) is 0 Å². The van der Waals surface area contributed by atoms with Crippen molar-refractivity contribution < 1.29 is 14.7 Å². The summed E-state index contributed by atoms with van der Waals surface area (Å²) in [4.78, 5) is 21.2. The summed E-state index contributed by atoms with van der Waals surface area (Å²) in [5.74, 6) is -0.858. The van der Waals surface area contributed by atoms with E-state index in [2.05, 4.69) is 10.6 Å². The molecule has 0 bridgehead atoms. The highest BCUT2D eigenvalue weighted by Crippen LogP contribution is 1.86. The summed E-state index contributed by atoms with van der Waals surface area (Å²) >= 11 is 0. The van der Waals surface area contributed by atoms with Gasteiger partial charge in [-0.1, -0.05) is 6.92 Å². The number of rotatable bonds is 8. The van der Waals surface area contributed by atoms with Crippen LogP contribution in [-0.4, -0.2) is 36.6 Å². The van der Waals surface area contributed by atoms with Gasteiger partial charge in [-0.15, -0.1) is 0 Å². The summed E-state index contributed by atoms with van der Waals surface area (Å²) in [6.07, 6.45) is 1.04. The minimum atomic E-state index is -0.827. The number of nitrogens with one attached hydrogen (secondary N) is 2. The van der Waals surface area contributed by atoms with E-state index in [9.17, 15) is 9.59 Å². The van der Waals surface area contributed by atoms with E-state index >= 15 is 0 Å². The Morgan fingerprint density at radius 2 is 1.93 bits per heavy atom. The predicted molar refractivity (Wildman–Crippen MR) is 53.0 cm³/mol. The van der Waals surface area contributed by atoms with Gasteiger partial charge in [-0.25, -0.2) is 0 Å². The normalized spacial score (nSPS) is 9.79. The monoisotopic (exact) mass is 202 g/mol. The number of hydrogen-bond acceptors (Lipinski definition) is 3. The van der Waals surface area contributed by atoms with Crippen molar-refractivity contribution in [2.75, 3.05) is 19.6 Å². The highest BCUT2D eigenvalue weighted by Gasteiger charge is 2.00. The van der Waals surface area contributed by atoms with Crippen molar-refractivity contribution >= 4 is 11.9 Å². The Balaban J connectivity index is 3.22. The largest absolute Gasteiger partial charge is 0.481 e. The summed E-state index contributed by atoms with van der Waals surface area (Å²) in [6.45, 7) is 3.94. The second-order valence-electron chi connectivity index (χ2n) is 2.95. The number of amides is 1. The third-order valence-electron chi connectivity index (χ3n) is 1.67. The minimum Gasteiger partial charge on any atom is -0.481 e. The first-order valence-electron chi connectivity index (χ1n) is 4.86. The van der Waals surface area contributed by atoms with E-state index in [0.717, 1.165) is 6.54 Å². The van der Waals surface area contributed by atoms with E-state index in [1.54, 1.807) is 0 Å². The van der Waals surface area contributed by atoms with Gasteiger partial charge < -0.3 is 15.7 Å². The molecule has 0 saturated carbocycles. The predicted octanol–water partition coefficient (Wildman–Crippen LogP) is -0.0330. The molecule has 0 aromatic heterocycles. The van der Waals surface area contributed by atoms with Crippen LogP contribution in [0.15, 0.2) is 0 Å². The molecule has 0 aliphatic rings. The molecule has 0 radical (unpaired) electrons. The van der Waals surface area contributed by atoms with Gasteiger partial charge in [0.15, 0.2) is 0 Å². The lowest BCUT2D eigenvalue weighted by Crippen LogP contribution is -2.28. The Hall–Kier alpha value is -1.10. The molecule has 1 amide bonds. The number of carbonyl (C=O) groups excluding carboxylic acids is 1. The number of hydrogen-bond donors (Lipinski definition) is 3. The quantitative estimate of drug-likeness (QED) is 0.483. The molecule has 5 heteroatoms. The van der Waals surface area contributed by atoms with Crippen molar-refractivity contribution in [1.29, 1.82) is 0 Å². The molecule has 5 nitrogen and oxygen atoms in total. The Morgan fingerprint density at radius 3 is 2.50 bits per heavy atom. The molecule has 0 aromatic rings. The average Bonchev–Trinajstić information content (AvgIpc) is 2.13. The van der Waals surface area contributed by atoms with Crippen LogP contribution in [0.3, 0.4) is 0 Å². The van der Waals surface area contributed by atoms with Crippen molar-refractivity contribution in [3.05, 3.63) is 0 Å². The van der Waals surface area contributed by atoms with Crippen LogP contribution in [0, 0.1) is 0 Å². The third kappa shape index (κ3) is 8.99. The van der Waals surface area contributed by atoms with Crippen LogP contribution in [0.25, 0.3) is 0 Å². The molecule has 3 N–H and O–H groups in total. The summed E-state index contributed by atoms with van der Waals surface area (Å²) in [5, 5.41) is 14.0. The van der Waals surface area contributed by atoms with E-state index in [1.165, 1.54) is 0 Å². The first-order chi connectivity index (χ1) is 6.66. The molecule has 0 rings (SSSR count). The fraction of sp³-hybridized carbons (Fsp3) is 0.778. The van der Waals surface area contributed by atoms with Crippen molar-refractivity contribution in [3.63, 3.8) is 0 Å². The lowest BCUT2D eigenvalue weighted by atomic mass is 10.3. The fourth-order valence-corrected chi connectivity index (χ4v) is 0.935. The SMILES string of the molecule is CCNCCC(=O)NCCCC(=O)O. The molecule has 0 saturated heterocycles. The van der Waals surface area contributed by atoms with E-state index in [4.69, 9.17) is 5.11 Å². The second kappa shape index (κ2) is 8.50. The second-order valence-corrected chi connectivity index (χ2v) is 2.95. The van der Waals surface area contributed by atoms with Crippen LogP contribution in [0.5, 0.6) is 0 Å². The molecule has 0 atom stereocenters. The van der Waals surface area contributed by atoms with Crippen molar-refractivity contribution in [2.24, 2.45) is 0 Å². The van der Waals surface area contributed by atoms with Crippen LogP contribution in [0.1, 0.15) is 26.2 Å². The lowest BCUT2D eigenvalue weighted by molar-refractivity contribution is -0.137. The molecule has 0 unspecified atom stereocenters. The molecule has 82 valence electrons. The number of carboxylic acid groups (broad SMARTS) is 1. The van der Waals surface area contributed by atoms with Gasteiger partial charge >= 0.3 is 5.97 Å². The van der Waals surface area contributed by atoms with Crippen molar-refractivity contribution in [3.8, 4) is 0 Å². The maximum absolute atomic E-state index is 11.1. The van der Waals surface area contributed by atoms with Gasteiger partial charge in [0, 0.05) is 25.9 Å². The Morgan fingerprint density at radius 1 is 1.21 bits per heavy atom. The Kier molecular flexibility index (Phi) is 7.83. The third-order valence-corrected chi connectivity index (χ3v) is 1.67. The molecule has 0 heterocycles. The van der Waals surface area contributed by atoms with Crippen molar-refractivity contribution in [1.82, 2.24) is 10.6 Å². The zero-order valence-corrected chi connectivity index (χ0v) is 8.51. The zero-order chi connectivity index (χ0) is 10.8. The number of carboxylic acids is 1. The minimum absolute atomic E-state index is 0.0312. The Labute approximate surface area is 83.9 Å². The fourth-order valence-electron chi connectivity index (χ4n) is 0.935. The molecule has 0 spiro atoms. The molecule has 0 aliphatic heterocycles. The van der Waals surface area contributed by atoms with Crippen LogP contribution in [-0.2, 0) is 9.59 Å². The van der Waals surface area contributed by atoms with Crippen LogP contribution >= 0.6 is 0 Å². The van der Waals surface area contributed by atoms with Crippen LogP contribution in [0.4, 0.5) is 0 Å². The van der Waals surface area contributed by atoms with Gasteiger partial charge in [0.25, 0.3) is 0 Å². The van der Waals surface area contributed by atoms with Gasteiger partial charge in [-0.3, -0.25) is 9.59 Å². The van der Waals surface area contributed by atoms with Gasteiger partial charge in [-0.05, 0) is 13.0 Å². The topological polar surface area (TPSA) is 78.4 Å². The van der Waals surface area contributed by atoms with E-state index < -0.39 is 5.97 Å². The lowest BCUT2D eigenvalue weighted by Gasteiger charge is -2.04. The number of carbonyl (C=O) groups is 2. The molecule has 0 fully saturated rings. The molecule has 0 aromatic carbocycles. The first kappa shape index (κ1) is 12.9. The van der Waals surface area contributed by atoms with E-state index in [1.807, 2.05) is 6.92 Å². The van der Waals surface area contributed by atoms with Gasteiger partial charge in [-0.2, -0.15) is 0 Å². The summed E-state index contributed by atoms with van der Waals surface area (Å²) in [7, 11) is 0. The summed E-state index contributed by atoms with van der Waals surface area (Å²) in [5.41, 5.74) is 0. The standard InChI is InChI=1S/C9H18N2O3/c1-2-10-7-5-8(12)11-6-3-4-9(13)14/h10H,2-7H2,1H3,(H,11,12)(H,13,14). The zero-order valence-electron chi connectivity index (χ0n) is 8.51. The van der Waals surface area contributed by atoms with E-state index in [-0.39, 0.29) is 12.3 Å². The highest BCUT2D eigenvalue weighted by atomic mass is 16.4. The molecule has 0 aliphatic carbocycles. The molecule has 14 heavy (non-hydrogen) atoms.